The lowest BCUT2D eigenvalue weighted by molar-refractivity contribution is -0.137. The third kappa shape index (κ3) is 6.37. The summed E-state index contributed by atoms with van der Waals surface area (Å²) < 4.78 is 33.1. The quantitative estimate of drug-likeness (QED) is 0.437. The molecule has 0 bridgehead atoms. The maximum atomic E-state index is 12.7. The zero-order valence-corrected chi connectivity index (χ0v) is 18.4. The molecule has 0 heterocycles. The largest absolute Gasteiger partial charge is 0.463 e. The molecule has 2 rings (SSSR count). The van der Waals surface area contributed by atoms with Crippen LogP contribution in [0.2, 0.25) is 10.0 Å². The molecule has 0 unspecified atom stereocenters. The zero-order chi connectivity index (χ0) is 20.7. The van der Waals surface area contributed by atoms with Crippen LogP contribution in [-0.2, 0) is 19.6 Å². The van der Waals surface area contributed by atoms with Crippen molar-refractivity contribution in [1.29, 1.82) is 0 Å². The molecule has 28 heavy (non-hydrogen) atoms. The third-order valence-corrected chi connectivity index (χ3v) is 6.79. The Balaban J connectivity index is 2.22. The molecule has 0 amide bonds. The Bertz CT molecular complexity index is 835. The van der Waals surface area contributed by atoms with Gasteiger partial charge in [-0.1, -0.05) is 49.4 Å². The number of benzene rings is 1. The van der Waals surface area contributed by atoms with Crippen LogP contribution in [0.4, 0.5) is 5.69 Å². The van der Waals surface area contributed by atoms with Gasteiger partial charge in [-0.3, -0.25) is 0 Å². The number of hydrogen-bond acceptors (Lipinski definition) is 5. The molecule has 0 spiro atoms. The minimum absolute atomic E-state index is 0.0530. The summed E-state index contributed by atoms with van der Waals surface area (Å²) in [6.07, 6.45) is 6.66. The number of esters is 1. The second-order valence-electron chi connectivity index (χ2n) is 6.62. The standard InChI is InChI=1S/C19H26Cl2N2O4S/c1-3-13(10-19(24)27-4-2)22-17-11-16(21)18(12-15(17)20)28(25,26)23-14-8-6-5-7-9-14/h10-12,14,22-23H,3-9H2,1-2H3. The molecule has 1 fully saturated rings. The van der Waals surface area contributed by atoms with E-state index in [0.717, 1.165) is 32.1 Å². The van der Waals surface area contributed by atoms with Crippen LogP contribution in [0.1, 0.15) is 52.4 Å². The lowest BCUT2D eigenvalue weighted by atomic mass is 9.96. The molecule has 6 nitrogen and oxygen atoms in total. The van der Waals surface area contributed by atoms with Gasteiger partial charge in [0, 0.05) is 17.8 Å². The van der Waals surface area contributed by atoms with Crippen molar-refractivity contribution in [2.24, 2.45) is 0 Å². The van der Waals surface area contributed by atoms with E-state index in [1.54, 1.807) is 6.92 Å². The second-order valence-corrected chi connectivity index (χ2v) is 9.12. The molecule has 2 N–H and O–H groups in total. The second kappa shape index (κ2) is 10.5. The number of hydrogen-bond donors (Lipinski definition) is 2. The van der Waals surface area contributed by atoms with E-state index < -0.39 is 16.0 Å². The lowest BCUT2D eigenvalue weighted by Crippen LogP contribution is -2.36. The van der Waals surface area contributed by atoms with Gasteiger partial charge in [-0.15, -0.1) is 0 Å². The van der Waals surface area contributed by atoms with Crippen LogP contribution >= 0.6 is 23.2 Å². The summed E-state index contributed by atoms with van der Waals surface area (Å²) in [5, 5.41) is 3.26. The van der Waals surface area contributed by atoms with Crippen molar-refractivity contribution < 1.29 is 17.9 Å². The Morgan fingerprint density at radius 2 is 1.86 bits per heavy atom. The molecule has 0 saturated heterocycles. The summed E-state index contributed by atoms with van der Waals surface area (Å²) in [5.74, 6) is -0.468. The van der Waals surface area contributed by atoms with Crippen molar-refractivity contribution in [2.45, 2.75) is 63.3 Å². The van der Waals surface area contributed by atoms with Crippen molar-refractivity contribution in [3.63, 3.8) is 0 Å². The average Bonchev–Trinajstić information content (AvgIpc) is 2.64. The molecule has 0 aromatic heterocycles. The van der Waals surface area contributed by atoms with Gasteiger partial charge in [0.1, 0.15) is 4.90 Å². The van der Waals surface area contributed by atoms with Gasteiger partial charge in [-0.05, 0) is 38.3 Å². The first kappa shape index (κ1) is 23.0. The van der Waals surface area contributed by atoms with Gasteiger partial charge in [0.2, 0.25) is 10.0 Å². The number of nitrogens with one attached hydrogen (secondary N) is 2. The highest BCUT2D eigenvalue weighted by molar-refractivity contribution is 7.89. The Labute approximate surface area is 176 Å². The highest BCUT2D eigenvalue weighted by Crippen LogP contribution is 2.33. The average molecular weight is 449 g/mol. The third-order valence-electron chi connectivity index (χ3n) is 4.49. The predicted molar refractivity (Wildman–Crippen MR) is 112 cm³/mol. The van der Waals surface area contributed by atoms with Crippen LogP contribution in [0.15, 0.2) is 28.8 Å². The summed E-state index contributed by atoms with van der Waals surface area (Å²) in [7, 11) is -3.77. The van der Waals surface area contributed by atoms with E-state index in [0.29, 0.717) is 17.8 Å². The van der Waals surface area contributed by atoms with Gasteiger partial charge >= 0.3 is 5.97 Å². The molecule has 1 saturated carbocycles. The van der Waals surface area contributed by atoms with E-state index in [9.17, 15) is 13.2 Å². The number of halogens is 2. The van der Waals surface area contributed by atoms with Crippen molar-refractivity contribution in [1.82, 2.24) is 4.72 Å². The van der Waals surface area contributed by atoms with Crippen LogP contribution in [0.3, 0.4) is 0 Å². The molecule has 0 atom stereocenters. The van der Waals surface area contributed by atoms with Crippen molar-refractivity contribution in [3.05, 3.63) is 34.0 Å². The topological polar surface area (TPSA) is 84.5 Å². The SMILES string of the molecule is CCOC(=O)C=C(CC)Nc1cc(Cl)c(S(=O)(=O)NC2CCCCC2)cc1Cl. The highest BCUT2D eigenvalue weighted by Gasteiger charge is 2.25. The molecular weight excluding hydrogens is 423 g/mol. The first-order chi connectivity index (χ1) is 13.3. The van der Waals surface area contributed by atoms with E-state index >= 15 is 0 Å². The monoisotopic (exact) mass is 448 g/mol. The number of allylic oxidation sites excluding steroid dienone is 1. The number of carbonyl (C=O) groups is 1. The fourth-order valence-corrected chi connectivity index (χ4v) is 5.19. The number of sulfonamides is 1. The Morgan fingerprint density at radius 1 is 1.18 bits per heavy atom. The fraction of sp³-hybridized carbons (Fsp3) is 0.526. The molecule has 156 valence electrons. The summed E-state index contributed by atoms with van der Waals surface area (Å²) in [6.45, 7) is 3.86. The maximum Gasteiger partial charge on any atom is 0.332 e. The van der Waals surface area contributed by atoms with Gasteiger partial charge in [0.25, 0.3) is 0 Å². The van der Waals surface area contributed by atoms with E-state index in [1.807, 2.05) is 6.92 Å². The minimum atomic E-state index is -3.77. The fourth-order valence-electron chi connectivity index (χ4n) is 3.06. The molecule has 1 aliphatic rings. The van der Waals surface area contributed by atoms with Gasteiger partial charge in [-0.25, -0.2) is 17.9 Å². The molecule has 1 aromatic rings. The minimum Gasteiger partial charge on any atom is -0.463 e. The van der Waals surface area contributed by atoms with Crippen molar-refractivity contribution >= 4 is 44.9 Å². The Kier molecular flexibility index (Phi) is 8.61. The van der Waals surface area contributed by atoms with Crippen molar-refractivity contribution in [3.8, 4) is 0 Å². The normalized spacial score (nSPS) is 16.1. The zero-order valence-electron chi connectivity index (χ0n) is 16.1. The van der Waals surface area contributed by atoms with Crippen LogP contribution in [-0.4, -0.2) is 27.0 Å². The van der Waals surface area contributed by atoms with Gasteiger partial charge in [0.15, 0.2) is 0 Å². The first-order valence-electron chi connectivity index (χ1n) is 9.42. The molecule has 1 aliphatic carbocycles. The Morgan fingerprint density at radius 3 is 2.46 bits per heavy atom. The smallest absolute Gasteiger partial charge is 0.332 e. The van der Waals surface area contributed by atoms with Crippen LogP contribution in [0, 0.1) is 0 Å². The first-order valence-corrected chi connectivity index (χ1v) is 11.7. The molecule has 1 aromatic carbocycles. The van der Waals surface area contributed by atoms with Gasteiger partial charge in [0.05, 0.1) is 22.3 Å². The molecule has 0 radical (unpaired) electrons. The number of rotatable bonds is 8. The lowest BCUT2D eigenvalue weighted by Gasteiger charge is -2.23. The summed E-state index contributed by atoms with van der Waals surface area (Å²) >= 11 is 12.5. The maximum absolute atomic E-state index is 12.7. The van der Waals surface area contributed by atoms with E-state index in [2.05, 4.69) is 10.0 Å². The number of carbonyl (C=O) groups excluding carboxylic acids is 1. The van der Waals surface area contributed by atoms with Gasteiger partial charge < -0.3 is 10.1 Å². The van der Waals surface area contributed by atoms with E-state index in [4.69, 9.17) is 27.9 Å². The summed E-state index contributed by atoms with van der Waals surface area (Å²) in [5.41, 5.74) is 0.994. The van der Waals surface area contributed by atoms with Crippen LogP contribution < -0.4 is 10.0 Å². The predicted octanol–water partition coefficient (Wildman–Crippen LogP) is 4.87. The molecular formula is C19H26Cl2N2O4S. The number of anilines is 1. The van der Waals surface area contributed by atoms with Crippen LogP contribution in [0.5, 0.6) is 0 Å². The van der Waals surface area contributed by atoms with Crippen LogP contribution in [0.25, 0.3) is 0 Å². The Hall–Kier alpha value is -1.28. The molecule has 0 aliphatic heterocycles. The highest BCUT2D eigenvalue weighted by atomic mass is 35.5. The summed E-state index contributed by atoms with van der Waals surface area (Å²) in [4.78, 5) is 11.6. The van der Waals surface area contributed by atoms with Crippen molar-refractivity contribution in [2.75, 3.05) is 11.9 Å². The van der Waals surface area contributed by atoms with E-state index in [-0.39, 0.29) is 27.6 Å². The molecule has 9 heteroatoms. The number of ether oxygens (including phenoxy) is 1. The van der Waals surface area contributed by atoms with Gasteiger partial charge in [-0.2, -0.15) is 0 Å². The summed E-state index contributed by atoms with van der Waals surface area (Å²) in [6, 6.07) is 2.70. The van der Waals surface area contributed by atoms with E-state index in [1.165, 1.54) is 18.2 Å².